The van der Waals surface area contributed by atoms with Crippen molar-refractivity contribution in [2.24, 2.45) is 0 Å². The summed E-state index contributed by atoms with van der Waals surface area (Å²) in [5.41, 5.74) is 3.22. The van der Waals surface area contributed by atoms with E-state index in [0.29, 0.717) is 24.4 Å². The van der Waals surface area contributed by atoms with Crippen molar-refractivity contribution in [2.75, 3.05) is 30.0 Å². The maximum absolute atomic E-state index is 12.5. The van der Waals surface area contributed by atoms with Crippen LogP contribution in [0.4, 0.5) is 5.69 Å². The first-order valence-electron chi connectivity index (χ1n) is 11.5. The third-order valence-corrected chi connectivity index (χ3v) is 7.33. The van der Waals surface area contributed by atoms with Gasteiger partial charge < -0.3 is 10.1 Å². The maximum Gasteiger partial charge on any atom is 0.251 e. The molecule has 3 rings (SSSR count). The number of hydrogen-bond donors (Lipinski definition) is 1. The van der Waals surface area contributed by atoms with E-state index in [4.69, 9.17) is 4.74 Å². The number of aryl methyl sites for hydroxylation is 1. The Balaban J connectivity index is 1.56. The van der Waals surface area contributed by atoms with Crippen LogP contribution < -0.4 is 14.4 Å². The van der Waals surface area contributed by atoms with Crippen LogP contribution in [0, 0.1) is 0 Å². The molecule has 0 aliphatic rings. The van der Waals surface area contributed by atoms with Gasteiger partial charge in [-0.3, -0.25) is 9.10 Å². The van der Waals surface area contributed by atoms with Crippen LogP contribution in [0.15, 0.2) is 77.7 Å². The standard InChI is InChI=1S/C27H32N2O4S2/c1-4-7-21-12-16-24(17-13-21)33-19-18-28-27(30)23-14-10-22(11-15-23)20-29(35(3,31)32)25-8-5-6-9-26(25)34-2/h5-6,8-17H,4,7,18-20H2,1-3H3,(H,28,30). The van der Waals surface area contributed by atoms with E-state index in [1.807, 2.05) is 36.6 Å². The summed E-state index contributed by atoms with van der Waals surface area (Å²) in [6.45, 7) is 3.08. The van der Waals surface area contributed by atoms with Gasteiger partial charge in [0.15, 0.2) is 0 Å². The topological polar surface area (TPSA) is 75.7 Å². The average molecular weight is 513 g/mol. The van der Waals surface area contributed by atoms with Crippen molar-refractivity contribution in [3.8, 4) is 5.75 Å². The van der Waals surface area contributed by atoms with Gasteiger partial charge in [-0.2, -0.15) is 0 Å². The molecule has 0 saturated carbocycles. The molecule has 6 nitrogen and oxygen atoms in total. The molecule has 0 aliphatic heterocycles. The number of nitrogens with zero attached hydrogens (tertiary/aromatic N) is 1. The number of hydrogen-bond acceptors (Lipinski definition) is 5. The number of sulfonamides is 1. The molecule has 0 saturated heterocycles. The summed E-state index contributed by atoms with van der Waals surface area (Å²) >= 11 is 1.50. The number of amides is 1. The van der Waals surface area contributed by atoms with E-state index in [9.17, 15) is 13.2 Å². The van der Waals surface area contributed by atoms with E-state index in [2.05, 4.69) is 24.4 Å². The average Bonchev–Trinajstić information content (AvgIpc) is 2.86. The Morgan fingerprint density at radius 2 is 1.63 bits per heavy atom. The van der Waals surface area contributed by atoms with Crippen LogP contribution in [0.3, 0.4) is 0 Å². The minimum absolute atomic E-state index is 0.184. The Morgan fingerprint density at radius 1 is 0.971 bits per heavy atom. The highest BCUT2D eigenvalue weighted by Gasteiger charge is 2.20. The van der Waals surface area contributed by atoms with Gasteiger partial charge in [0, 0.05) is 10.5 Å². The van der Waals surface area contributed by atoms with Crippen LogP contribution in [0.1, 0.15) is 34.8 Å². The number of anilines is 1. The van der Waals surface area contributed by atoms with Gasteiger partial charge in [-0.15, -0.1) is 11.8 Å². The zero-order chi connectivity index (χ0) is 25.3. The zero-order valence-electron chi connectivity index (χ0n) is 20.4. The normalized spacial score (nSPS) is 11.2. The van der Waals surface area contributed by atoms with E-state index in [0.717, 1.165) is 29.1 Å². The molecule has 8 heteroatoms. The van der Waals surface area contributed by atoms with E-state index in [-0.39, 0.29) is 12.5 Å². The lowest BCUT2D eigenvalue weighted by Gasteiger charge is -2.24. The predicted molar refractivity (Wildman–Crippen MR) is 144 cm³/mol. The van der Waals surface area contributed by atoms with Crippen LogP contribution in [0.5, 0.6) is 5.75 Å². The smallest absolute Gasteiger partial charge is 0.251 e. The number of ether oxygens (including phenoxy) is 1. The van der Waals surface area contributed by atoms with Crippen molar-refractivity contribution in [3.05, 3.63) is 89.5 Å². The Kier molecular flexibility index (Phi) is 9.63. The summed E-state index contributed by atoms with van der Waals surface area (Å²) in [5, 5.41) is 2.85. The molecule has 3 aromatic rings. The highest BCUT2D eigenvalue weighted by atomic mass is 32.2. The largest absolute Gasteiger partial charge is 0.492 e. The van der Waals surface area contributed by atoms with Gasteiger partial charge in [-0.25, -0.2) is 8.42 Å². The summed E-state index contributed by atoms with van der Waals surface area (Å²) < 4.78 is 32.1. The third-order valence-electron chi connectivity index (χ3n) is 5.41. The minimum Gasteiger partial charge on any atom is -0.492 e. The Bertz CT molecular complexity index is 1210. The lowest BCUT2D eigenvalue weighted by molar-refractivity contribution is 0.0947. The molecule has 1 N–H and O–H groups in total. The molecular formula is C27H32N2O4S2. The summed E-state index contributed by atoms with van der Waals surface area (Å²) in [6.07, 6.45) is 5.27. The second kappa shape index (κ2) is 12.7. The van der Waals surface area contributed by atoms with Gasteiger partial charge in [0.05, 0.1) is 25.0 Å². The van der Waals surface area contributed by atoms with Crippen LogP contribution >= 0.6 is 11.8 Å². The number of rotatable bonds is 12. The number of carbonyl (C=O) groups is 1. The second-order valence-electron chi connectivity index (χ2n) is 8.14. The maximum atomic E-state index is 12.5. The first-order chi connectivity index (χ1) is 16.8. The number of para-hydroxylation sites is 1. The molecule has 35 heavy (non-hydrogen) atoms. The minimum atomic E-state index is -3.49. The summed E-state index contributed by atoms with van der Waals surface area (Å²) in [6, 6.07) is 22.4. The van der Waals surface area contributed by atoms with E-state index in [1.165, 1.54) is 27.9 Å². The SMILES string of the molecule is CCCc1ccc(OCCNC(=O)c2ccc(CN(c3ccccc3SC)S(C)(=O)=O)cc2)cc1. The third kappa shape index (κ3) is 7.77. The van der Waals surface area contributed by atoms with Crippen molar-refractivity contribution in [1.82, 2.24) is 5.32 Å². The Morgan fingerprint density at radius 3 is 2.26 bits per heavy atom. The quantitative estimate of drug-likeness (QED) is 0.269. The van der Waals surface area contributed by atoms with Crippen LogP contribution in [-0.4, -0.2) is 40.0 Å². The first kappa shape index (κ1) is 26.6. The molecule has 0 unspecified atom stereocenters. The van der Waals surface area contributed by atoms with E-state index < -0.39 is 10.0 Å². The molecule has 0 aliphatic carbocycles. The van der Waals surface area contributed by atoms with Gasteiger partial charge in [0.2, 0.25) is 10.0 Å². The van der Waals surface area contributed by atoms with Crippen LogP contribution in [0.2, 0.25) is 0 Å². The molecule has 1 amide bonds. The van der Waals surface area contributed by atoms with Crippen molar-refractivity contribution in [2.45, 2.75) is 31.2 Å². The lowest BCUT2D eigenvalue weighted by atomic mass is 10.1. The zero-order valence-corrected chi connectivity index (χ0v) is 22.0. The van der Waals surface area contributed by atoms with Crippen molar-refractivity contribution < 1.29 is 17.9 Å². The summed E-state index contributed by atoms with van der Waals surface area (Å²) in [5.74, 6) is 0.577. The molecule has 0 fully saturated rings. The molecule has 0 radical (unpaired) electrons. The molecule has 3 aromatic carbocycles. The van der Waals surface area contributed by atoms with E-state index in [1.54, 1.807) is 30.3 Å². The fraction of sp³-hybridized carbons (Fsp3) is 0.296. The van der Waals surface area contributed by atoms with Gasteiger partial charge in [0.1, 0.15) is 12.4 Å². The number of benzene rings is 3. The molecular weight excluding hydrogens is 480 g/mol. The fourth-order valence-corrected chi connectivity index (χ4v) is 5.18. The molecule has 0 bridgehead atoms. The molecule has 0 aromatic heterocycles. The molecule has 0 atom stereocenters. The number of carbonyl (C=O) groups excluding carboxylic acids is 1. The van der Waals surface area contributed by atoms with Gasteiger partial charge in [-0.1, -0.05) is 49.7 Å². The molecule has 186 valence electrons. The number of thioether (sulfide) groups is 1. The second-order valence-corrected chi connectivity index (χ2v) is 10.9. The fourth-order valence-electron chi connectivity index (χ4n) is 3.62. The van der Waals surface area contributed by atoms with Crippen LogP contribution in [-0.2, 0) is 23.0 Å². The summed E-state index contributed by atoms with van der Waals surface area (Å²) in [7, 11) is -3.49. The van der Waals surface area contributed by atoms with Gasteiger partial charge in [-0.05, 0) is 60.2 Å². The van der Waals surface area contributed by atoms with Crippen molar-refractivity contribution in [3.63, 3.8) is 0 Å². The van der Waals surface area contributed by atoms with Crippen LogP contribution in [0.25, 0.3) is 0 Å². The molecule has 0 spiro atoms. The highest BCUT2D eigenvalue weighted by Crippen LogP contribution is 2.31. The van der Waals surface area contributed by atoms with Crippen molar-refractivity contribution in [1.29, 1.82) is 0 Å². The van der Waals surface area contributed by atoms with Gasteiger partial charge in [0.25, 0.3) is 5.91 Å². The Labute approximate surface area is 212 Å². The predicted octanol–water partition coefficient (Wildman–Crippen LogP) is 5.14. The van der Waals surface area contributed by atoms with Gasteiger partial charge >= 0.3 is 0 Å². The monoisotopic (exact) mass is 512 g/mol. The van der Waals surface area contributed by atoms with E-state index >= 15 is 0 Å². The number of nitrogens with one attached hydrogen (secondary N) is 1. The van der Waals surface area contributed by atoms with Crippen molar-refractivity contribution >= 4 is 33.4 Å². The highest BCUT2D eigenvalue weighted by molar-refractivity contribution is 7.99. The summed E-state index contributed by atoms with van der Waals surface area (Å²) in [4.78, 5) is 13.4. The Hall–Kier alpha value is -2.97. The lowest BCUT2D eigenvalue weighted by Crippen LogP contribution is -2.30. The first-order valence-corrected chi connectivity index (χ1v) is 14.6. The molecule has 0 heterocycles.